The lowest BCUT2D eigenvalue weighted by Gasteiger charge is -2.34. The smallest absolute Gasteiger partial charge is 0.0674 e. The van der Waals surface area contributed by atoms with Crippen LogP contribution < -0.4 is 5.32 Å². The van der Waals surface area contributed by atoms with Crippen molar-refractivity contribution < 1.29 is 4.74 Å². The second-order valence-corrected chi connectivity index (χ2v) is 6.09. The minimum absolute atomic E-state index is 0.349. The van der Waals surface area contributed by atoms with Gasteiger partial charge in [0.1, 0.15) is 0 Å². The fraction of sp³-hybridized carbons (Fsp3) is 0.647. The SMILES string of the molecule is CNC(CN1CCOC(C)C1)c1c(C)cc(C)cc1C. The van der Waals surface area contributed by atoms with Crippen molar-refractivity contribution in [1.29, 1.82) is 0 Å². The molecule has 1 aromatic rings. The van der Waals surface area contributed by atoms with E-state index < -0.39 is 0 Å². The molecule has 0 amide bonds. The van der Waals surface area contributed by atoms with Gasteiger partial charge in [-0.1, -0.05) is 17.7 Å². The highest BCUT2D eigenvalue weighted by molar-refractivity contribution is 5.39. The van der Waals surface area contributed by atoms with Gasteiger partial charge in [0, 0.05) is 25.7 Å². The van der Waals surface area contributed by atoms with Crippen LogP contribution in [0.4, 0.5) is 0 Å². The van der Waals surface area contributed by atoms with Crippen LogP contribution >= 0.6 is 0 Å². The first kappa shape index (κ1) is 15.5. The van der Waals surface area contributed by atoms with Crippen LogP contribution in [-0.4, -0.2) is 44.3 Å². The summed E-state index contributed by atoms with van der Waals surface area (Å²) in [5.41, 5.74) is 5.59. The topological polar surface area (TPSA) is 24.5 Å². The first-order valence-electron chi connectivity index (χ1n) is 7.60. The fourth-order valence-corrected chi connectivity index (χ4v) is 3.38. The van der Waals surface area contributed by atoms with Crippen molar-refractivity contribution in [2.24, 2.45) is 0 Å². The number of morpholine rings is 1. The standard InChI is InChI=1S/C17H28N2O/c1-12-8-13(2)17(14(3)9-12)16(18-5)11-19-6-7-20-15(4)10-19/h8-9,15-16,18H,6-7,10-11H2,1-5H3. The quantitative estimate of drug-likeness (QED) is 0.915. The van der Waals surface area contributed by atoms with Crippen molar-refractivity contribution in [2.75, 3.05) is 33.3 Å². The Balaban J connectivity index is 2.16. The molecule has 0 saturated carbocycles. The molecule has 2 unspecified atom stereocenters. The molecule has 0 bridgehead atoms. The maximum atomic E-state index is 5.63. The van der Waals surface area contributed by atoms with E-state index in [1.54, 1.807) is 0 Å². The largest absolute Gasteiger partial charge is 0.376 e. The molecule has 20 heavy (non-hydrogen) atoms. The molecule has 112 valence electrons. The van der Waals surface area contributed by atoms with Crippen molar-refractivity contribution in [3.8, 4) is 0 Å². The van der Waals surface area contributed by atoms with Gasteiger partial charge in [0.15, 0.2) is 0 Å². The molecule has 2 atom stereocenters. The second-order valence-electron chi connectivity index (χ2n) is 6.09. The normalized spacial score (nSPS) is 21.9. The van der Waals surface area contributed by atoms with E-state index in [1.165, 1.54) is 22.3 Å². The third-order valence-electron chi connectivity index (χ3n) is 4.20. The number of hydrogen-bond acceptors (Lipinski definition) is 3. The molecule has 1 heterocycles. The van der Waals surface area contributed by atoms with Gasteiger partial charge in [0.05, 0.1) is 12.7 Å². The number of rotatable bonds is 4. The van der Waals surface area contributed by atoms with Gasteiger partial charge in [-0.15, -0.1) is 0 Å². The Morgan fingerprint density at radius 3 is 2.50 bits per heavy atom. The highest BCUT2D eigenvalue weighted by atomic mass is 16.5. The van der Waals surface area contributed by atoms with Gasteiger partial charge in [-0.2, -0.15) is 0 Å². The number of aryl methyl sites for hydroxylation is 3. The Hall–Kier alpha value is -0.900. The third kappa shape index (κ3) is 3.60. The van der Waals surface area contributed by atoms with Gasteiger partial charge in [-0.25, -0.2) is 0 Å². The van der Waals surface area contributed by atoms with E-state index in [2.05, 4.69) is 57.1 Å². The van der Waals surface area contributed by atoms with Crippen LogP contribution in [0.15, 0.2) is 12.1 Å². The summed E-state index contributed by atoms with van der Waals surface area (Å²) in [5.74, 6) is 0. The van der Waals surface area contributed by atoms with E-state index in [0.29, 0.717) is 12.1 Å². The Morgan fingerprint density at radius 2 is 1.95 bits per heavy atom. The van der Waals surface area contributed by atoms with E-state index in [0.717, 1.165) is 26.2 Å². The van der Waals surface area contributed by atoms with E-state index in [9.17, 15) is 0 Å². The Kier molecular flexibility index (Phi) is 5.19. The zero-order chi connectivity index (χ0) is 14.7. The molecule has 1 saturated heterocycles. The third-order valence-corrected chi connectivity index (χ3v) is 4.20. The summed E-state index contributed by atoms with van der Waals surface area (Å²) >= 11 is 0. The predicted molar refractivity (Wildman–Crippen MR) is 84.3 cm³/mol. The maximum Gasteiger partial charge on any atom is 0.0674 e. The van der Waals surface area contributed by atoms with Crippen LogP contribution in [0.1, 0.15) is 35.2 Å². The number of likely N-dealkylation sites (N-methyl/N-ethyl adjacent to an activating group) is 1. The molecule has 1 aliphatic rings. The number of nitrogens with zero attached hydrogens (tertiary/aromatic N) is 1. The summed E-state index contributed by atoms with van der Waals surface area (Å²) in [6.07, 6.45) is 0.349. The van der Waals surface area contributed by atoms with Crippen molar-refractivity contribution in [3.63, 3.8) is 0 Å². The summed E-state index contributed by atoms with van der Waals surface area (Å²) in [6.45, 7) is 12.7. The van der Waals surface area contributed by atoms with Crippen LogP contribution in [0.3, 0.4) is 0 Å². The van der Waals surface area contributed by atoms with Gasteiger partial charge in [-0.05, 0) is 51.4 Å². The van der Waals surface area contributed by atoms with Crippen molar-refractivity contribution in [2.45, 2.75) is 39.8 Å². The van der Waals surface area contributed by atoms with Gasteiger partial charge in [-0.3, -0.25) is 4.90 Å². The van der Waals surface area contributed by atoms with Crippen LogP contribution in [0.5, 0.6) is 0 Å². The first-order chi connectivity index (χ1) is 9.51. The molecule has 1 aromatic carbocycles. The van der Waals surface area contributed by atoms with Crippen LogP contribution in [0, 0.1) is 20.8 Å². The fourth-order valence-electron chi connectivity index (χ4n) is 3.38. The Morgan fingerprint density at radius 1 is 1.30 bits per heavy atom. The maximum absolute atomic E-state index is 5.63. The van der Waals surface area contributed by atoms with Gasteiger partial charge >= 0.3 is 0 Å². The van der Waals surface area contributed by atoms with E-state index in [4.69, 9.17) is 4.74 Å². The molecular formula is C17H28N2O. The summed E-state index contributed by atoms with van der Waals surface area (Å²) < 4.78 is 5.63. The summed E-state index contributed by atoms with van der Waals surface area (Å²) in [6, 6.07) is 4.96. The summed E-state index contributed by atoms with van der Waals surface area (Å²) in [5, 5.41) is 3.50. The van der Waals surface area contributed by atoms with Crippen LogP contribution in [0.25, 0.3) is 0 Å². The second kappa shape index (κ2) is 6.70. The van der Waals surface area contributed by atoms with E-state index >= 15 is 0 Å². The zero-order valence-corrected chi connectivity index (χ0v) is 13.5. The van der Waals surface area contributed by atoms with Gasteiger partial charge in [0.25, 0.3) is 0 Å². The molecule has 3 nitrogen and oxygen atoms in total. The number of ether oxygens (including phenoxy) is 1. The molecule has 0 spiro atoms. The van der Waals surface area contributed by atoms with Crippen molar-refractivity contribution in [1.82, 2.24) is 10.2 Å². The molecule has 0 aliphatic carbocycles. The molecule has 1 fully saturated rings. The zero-order valence-electron chi connectivity index (χ0n) is 13.5. The molecule has 0 aromatic heterocycles. The van der Waals surface area contributed by atoms with Gasteiger partial charge in [0.2, 0.25) is 0 Å². The lowest BCUT2D eigenvalue weighted by Crippen LogP contribution is -2.44. The average molecular weight is 276 g/mol. The summed E-state index contributed by atoms with van der Waals surface area (Å²) in [7, 11) is 2.06. The monoisotopic (exact) mass is 276 g/mol. The Bertz CT molecular complexity index is 435. The van der Waals surface area contributed by atoms with E-state index in [-0.39, 0.29) is 0 Å². The Labute approximate surface area is 123 Å². The summed E-state index contributed by atoms with van der Waals surface area (Å²) in [4.78, 5) is 2.51. The molecule has 1 N–H and O–H groups in total. The molecule has 0 radical (unpaired) electrons. The minimum Gasteiger partial charge on any atom is -0.376 e. The van der Waals surface area contributed by atoms with Crippen molar-refractivity contribution >= 4 is 0 Å². The van der Waals surface area contributed by atoms with Gasteiger partial charge < -0.3 is 10.1 Å². The molecule has 3 heteroatoms. The highest BCUT2D eigenvalue weighted by Gasteiger charge is 2.22. The minimum atomic E-state index is 0.349. The predicted octanol–water partition coefficient (Wildman–Crippen LogP) is 2.59. The van der Waals surface area contributed by atoms with Crippen LogP contribution in [-0.2, 0) is 4.74 Å². The number of hydrogen-bond donors (Lipinski definition) is 1. The van der Waals surface area contributed by atoms with E-state index in [1.807, 2.05) is 0 Å². The lowest BCUT2D eigenvalue weighted by atomic mass is 9.93. The molecule has 1 aliphatic heterocycles. The average Bonchev–Trinajstić information content (AvgIpc) is 2.36. The van der Waals surface area contributed by atoms with Crippen molar-refractivity contribution in [3.05, 3.63) is 34.4 Å². The first-order valence-corrected chi connectivity index (χ1v) is 7.60. The number of benzene rings is 1. The molecular weight excluding hydrogens is 248 g/mol. The molecule has 2 rings (SSSR count). The number of nitrogens with one attached hydrogen (secondary N) is 1. The lowest BCUT2D eigenvalue weighted by molar-refractivity contribution is -0.0209. The highest BCUT2D eigenvalue weighted by Crippen LogP contribution is 2.24. The van der Waals surface area contributed by atoms with Crippen LogP contribution in [0.2, 0.25) is 0 Å².